The van der Waals surface area contributed by atoms with Crippen molar-refractivity contribution < 1.29 is 0 Å². The third kappa shape index (κ3) is 3.75. The van der Waals surface area contributed by atoms with Crippen LogP contribution < -0.4 is 5.32 Å². The molecular weight excluding hydrogens is 122 g/mol. The van der Waals surface area contributed by atoms with E-state index in [1.807, 2.05) is 6.92 Å². The lowest BCUT2D eigenvalue weighted by Gasteiger charge is -1.92. The van der Waals surface area contributed by atoms with Crippen LogP contribution in [0.5, 0.6) is 0 Å². The number of hydrogen-bond donors (Lipinski definition) is 1. The van der Waals surface area contributed by atoms with Crippen molar-refractivity contribution in [3.8, 4) is 0 Å². The van der Waals surface area contributed by atoms with Crippen molar-refractivity contribution in [3.05, 3.63) is 23.4 Å². The summed E-state index contributed by atoms with van der Waals surface area (Å²) in [5.41, 5.74) is 0.948. The highest BCUT2D eigenvalue weighted by molar-refractivity contribution is 6.29. The molecule has 0 fully saturated rings. The topological polar surface area (TPSA) is 12.0 Å². The number of allylic oxidation sites excluding steroid dienone is 2. The Balaban J connectivity index is 3.75. The fourth-order valence-electron chi connectivity index (χ4n) is 0.288. The summed E-state index contributed by atoms with van der Waals surface area (Å²) in [6, 6.07) is 0. The van der Waals surface area contributed by atoms with Crippen molar-refractivity contribution in [2.24, 2.45) is 0 Å². The van der Waals surface area contributed by atoms with Crippen LogP contribution in [0.3, 0.4) is 0 Å². The Morgan fingerprint density at radius 3 is 2.38 bits per heavy atom. The van der Waals surface area contributed by atoms with Crippen LogP contribution in [0.2, 0.25) is 0 Å². The fraction of sp³-hybridized carbons (Fsp3) is 0.333. The van der Waals surface area contributed by atoms with Crippen molar-refractivity contribution in [2.45, 2.75) is 6.92 Å². The third-order valence-corrected chi connectivity index (χ3v) is 0.910. The lowest BCUT2D eigenvalue weighted by atomic mass is 10.3. The van der Waals surface area contributed by atoms with Crippen LogP contribution in [0.15, 0.2) is 23.4 Å². The molecule has 0 aromatic rings. The van der Waals surface area contributed by atoms with E-state index in [1.165, 1.54) is 0 Å². The summed E-state index contributed by atoms with van der Waals surface area (Å²) < 4.78 is 0. The second kappa shape index (κ2) is 3.56. The Hall–Kier alpha value is -0.430. The van der Waals surface area contributed by atoms with Gasteiger partial charge in [0.25, 0.3) is 0 Å². The molecule has 0 aliphatic rings. The van der Waals surface area contributed by atoms with Crippen LogP contribution in [0, 0.1) is 0 Å². The molecule has 0 heterocycles. The number of halogens is 1. The first kappa shape index (κ1) is 7.57. The van der Waals surface area contributed by atoms with Gasteiger partial charge < -0.3 is 5.32 Å². The highest BCUT2D eigenvalue weighted by Crippen LogP contribution is 1.98. The summed E-state index contributed by atoms with van der Waals surface area (Å²) in [6.45, 7) is 5.53. The van der Waals surface area contributed by atoms with Gasteiger partial charge in [-0.15, -0.1) is 0 Å². The van der Waals surface area contributed by atoms with E-state index >= 15 is 0 Å². The Kier molecular flexibility index (Phi) is 3.37. The molecule has 1 N–H and O–H groups in total. The van der Waals surface area contributed by atoms with Gasteiger partial charge in [0.1, 0.15) is 5.16 Å². The molecule has 2 heteroatoms. The van der Waals surface area contributed by atoms with Crippen LogP contribution in [0.25, 0.3) is 0 Å². The molecule has 0 bridgehead atoms. The zero-order valence-corrected chi connectivity index (χ0v) is 5.92. The number of hydrogen-bond acceptors (Lipinski definition) is 1. The fourth-order valence-corrected chi connectivity index (χ4v) is 0.475. The lowest BCUT2D eigenvalue weighted by Crippen LogP contribution is -1.98. The second-order valence-corrected chi connectivity index (χ2v) is 2.00. The quantitative estimate of drug-likeness (QED) is 0.446. The first-order chi connectivity index (χ1) is 3.66. The summed E-state index contributed by atoms with van der Waals surface area (Å²) in [5.74, 6) is 0. The molecule has 0 rings (SSSR count). The van der Waals surface area contributed by atoms with E-state index in [-0.39, 0.29) is 0 Å². The van der Waals surface area contributed by atoms with E-state index in [4.69, 9.17) is 11.6 Å². The lowest BCUT2D eigenvalue weighted by molar-refractivity contribution is 1.07. The van der Waals surface area contributed by atoms with Gasteiger partial charge in [-0.1, -0.05) is 23.8 Å². The number of rotatable bonds is 2. The third-order valence-electron chi connectivity index (χ3n) is 0.612. The van der Waals surface area contributed by atoms with Gasteiger partial charge >= 0.3 is 0 Å². The maximum absolute atomic E-state index is 5.55. The zero-order valence-electron chi connectivity index (χ0n) is 5.16. The molecule has 8 heavy (non-hydrogen) atoms. The first-order valence-electron chi connectivity index (χ1n) is 2.37. The molecule has 0 unspecified atom stereocenters. The van der Waals surface area contributed by atoms with Gasteiger partial charge in [0.15, 0.2) is 0 Å². The number of nitrogens with one attached hydrogen (secondary N) is 1. The second-order valence-electron chi connectivity index (χ2n) is 1.59. The van der Waals surface area contributed by atoms with Gasteiger partial charge in [-0.25, -0.2) is 0 Å². The van der Waals surface area contributed by atoms with Crippen molar-refractivity contribution in [2.75, 3.05) is 7.05 Å². The van der Waals surface area contributed by atoms with Crippen molar-refractivity contribution in [1.29, 1.82) is 0 Å². The van der Waals surface area contributed by atoms with Crippen LogP contribution in [-0.4, -0.2) is 7.05 Å². The summed E-state index contributed by atoms with van der Waals surface area (Å²) in [6.07, 6.45) is 1.77. The molecule has 0 saturated carbocycles. The molecule has 0 aliphatic heterocycles. The minimum Gasteiger partial charge on any atom is -0.379 e. The first-order valence-corrected chi connectivity index (χ1v) is 2.75. The Labute approximate surface area is 55.0 Å². The maximum Gasteiger partial charge on any atom is 0.102 e. The van der Waals surface area contributed by atoms with Gasteiger partial charge in [-0.05, 0) is 13.0 Å². The Morgan fingerprint density at radius 2 is 2.25 bits per heavy atom. The molecule has 0 spiro atoms. The zero-order chi connectivity index (χ0) is 6.57. The Morgan fingerprint density at radius 1 is 1.75 bits per heavy atom. The van der Waals surface area contributed by atoms with E-state index in [0.717, 1.165) is 5.57 Å². The van der Waals surface area contributed by atoms with Crippen LogP contribution in [0.4, 0.5) is 0 Å². The Bertz CT molecular complexity index is 116. The van der Waals surface area contributed by atoms with E-state index in [1.54, 1.807) is 13.1 Å². The predicted molar refractivity (Wildman–Crippen MR) is 37.8 cm³/mol. The molecule has 0 radical (unpaired) electrons. The average molecular weight is 132 g/mol. The van der Waals surface area contributed by atoms with E-state index in [0.29, 0.717) is 5.16 Å². The minimum absolute atomic E-state index is 0.623. The molecule has 0 saturated heterocycles. The molecule has 1 nitrogen and oxygen atoms in total. The van der Waals surface area contributed by atoms with Crippen molar-refractivity contribution >= 4 is 11.6 Å². The highest BCUT2D eigenvalue weighted by atomic mass is 35.5. The molecule has 0 atom stereocenters. The van der Waals surface area contributed by atoms with Gasteiger partial charge in [-0.3, -0.25) is 0 Å². The van der Waals surface area contributed by atoms with Crippen LogP contribution >= 0.6 is 11.6 Å². The van der Waals surface area contributed by atoms with Crippen molar-refractivity contribution in [1.82, 2.24) is 5.32 Å². The van der Waals surface area contributed by atoms with Gasteiger partial charge in [0, 0.05) is 7.05 Å². The summed E-state index contributed by atoms with van der Waals surface area (Å²) in [7, 11) is 1.77. The SMILES string of the molecule is C=C(C)/C=C(/Cl)NC. The normalized spacial score (nSPS) is 11.1. The molecule has 46 valence electrons. The average Bonchev–Trinajstić information content (AvgIpc) is 1.65. The highest BCUT2D eigenvalue weighted by Gasteiger charge is 1.81. The summed E-state index contributed by atoms with van der Waals surface area (Å²) >= 11 is 5.55. The molecule has 0 aromatic carbocycles. The van der Waals surface area contributed by atoms with Gasteiger partial charge in [-0.2, -0.15) is 0 Å². The predicted octanol–water partition coefficient (Wildman–Crippen LogP) is 1.86. The van der Waals surface area contributed by atoms with E-state index in [9.17, 15) is 0 Å². The van der Waals surface area contributed by atoms with E-state index < -0.39 is 0 Å². The van der Waals surface area contributed by atoms with Crippen molar-refractivity contribution in [3.63, 3.8) is 0 Å². The summed E-state index contributed by atoms with van der Waals surface area (Å²) in [5, 5.41) is 3.38. The van der Waals surface area contributed by atoms with Crippen LogP contribution in [0.1, 0.15) is 6.92 Å². The van der Waals surface area contributed by atoms with Crippen LogP contribution in [-0.2, 0) is 0 Å². The summed E-state index contributed by atoms with van der Waals surface area (Å²) in [4.78, 5) is 0. The molecule has 0 amide bonds. The smallest absolute Gasteiger partial charge is 0.102 e. The largest absolute Gasteiger partial charge is 0.379 e. The molecule has 0 aliphatic carbocycles. The maximum atomic E-state index is 5.55. The monoisotopic (exact) mass is 131 g/mol. The van der Waals surface area contributed by atoms with Gasteiger partial charge in [0.2, 0.25) is 0 Å². The minimum atomic E-state index is 0.623. The van der Waals surface area contributed by atoms with E-state index in [2.05, 4.69) is 11.9 Å². The molecular formula is C6H10ClN. The van der Waals surface area contributed by atoms with Gasteiger partial charge in [0.05, 0.1) is 0 Å². The molecule has 0 aromatic heterocycles. The standard InChI is InChI=1S/C6H10ClN/c1-5(2)4-6(7)8-3/h4,8H,1H2,2-3H3/b6-4-.